The van der Waals surface area contributed by atoms with Gasteiger partial charge in [0.25, 0.3) is 0 Å². The lowest BCUT2D eigenvalue weighted by atomic mass is 10.2. The number of carbonyl (C=O) groups excluding carboxylic acids is 1. The van der Waals surface area contributed by atoms with Gasteiger partial charge in [-0.1, -0.05) is 6.07 Å². The van der Waals surface area contributed by atoms with Crippen molar-refractivity contribution in [2.45, 2.75) is 6.92 Å². The summed E-state index contributed by atoms with van der Waals surface area (Å²) in [5.74, 6) is -0.280. The van der Waals surface area contributed by atoms with E-state index < -0.39 is 5.97 Å². The number of hydrogen-bond acceptors (Lipinski definition) is 4. The normalized spacial score (nSPS) is 10.5. The van der Waals surface area contributed by atoms with Crippen LogP contribution in [0.1, 0.15) is 17.5 Å². The highest BCUT2D eigenvalue weighted by Crippen LogP contribution is 2.24. The van der Waals surface area contributed by atoms with Crippen molar-refractivity contribution >= 4 is 22.6 Å². The molecule has 2 N–H and O–H groups in total. The summed E-state index contributed by atoms with van der Waals surface area (Å²) in [7, 11) is 0. The molecule has 1 aromatic heterocycles. The van der Waals surface area contributed by atoms with Crippen molar-refractivity contribution in [3.05, 3.63) is 30.0 Å². The third kappa shape index (κ3) is 1.66. The van der Waals surface area contributed by atoms with Crippen LogP contribution in [0.5, 0.6) is 0 Å². The fourth-order valence-corrected chi connectivity index (χ4v) is 1.39. The topological polar surface area (TPSA) is 65.5 Å². The molecule has 0 aliphatic carbocycles. The van der Waals surface area contributed by atoms with Gasteiger partial charge >= 0.3 is 5.97 Å². The Morgan fingerprint density at radius 3 is 3.00 bits per heavy atom. The predicted octanol–water partition coefficient (Wildman–Crippen LogP) is 2.19. The van der Waals surface area contributed by atoms with E-state index in [0.29, 0.717) is 17.9 Å². The Bertz CT molecular complexity index is 502. The van der Waals surface area contributed by atoms with Gasteiger partial charge in [-0.25, -0.2) is 4.79 Å². The lowest BCUT2D eigenvalue weighted by molar-refractivity contribution is 0.0492. The highest BCUT2D eigenvalue weighted by atomic mass is 16.5. The molecular formula is C11H11NO3. The van der Waals surface area contributed by atoms with Gasteiger partial charge in [0.1, 0.15) is 5.58 Å². The number of ether oxygens (including phenoxy) is 1. The number of carbonyl (C=O) groups is 1. The lowest BCUT2D eigenvalue weighted by Crippen LogP contribution is -2.02. The average Bonchev–Trinajstić information content (AvgIpc) is 2.63. The van der Waals surface area contributed by atoms with Crippen molar-refractivity contribution in [1.29, 1.82) is 0 Å². The molecule has 4 nitrogen and oxygen atoms in total. The van der Waals surface area contributed by atoms with Crippen LogP contribution in [0.2, 0.25) is 0 Å². The lowest BCUT2D eigenvalue weighted by Gasteiger charge is -1.95. The Balaban J connectivity index is 2.47. The number of furan rings is 1. The van der Waals surface area contributed by atoms with Gasteiger partial charge in [0.05, 0.1) is 6.61 Å². The van der Waals surface area contributed by atoms with Gasteiger partial charge in [-0.15, -0.1) is 0 Å². The second-order valence-corrected chi connectivity index (χ2v) is 3.09. The van der Waals surface area contributed by atoms with Crippen LogP contribution in [0, 0.1) is 0 Å². The maximum Gasteiger partial charge on any atom is 0.374 e. The molecule has 15 heavy (non-hydrogen) atoms. The first-order valence-corrected chi connectivity index (χ1v) is 4.67. The van der Waals surface area contributed by atoms with Crippen LogP contribution < -0.4 is 5.73 Å². The summed E-state index contributed by atoms with van der Waals surface area (Å²) in [4.78, 5) is 11.4. The number of nitrogens with two attached hydrogens (primary N) is 1. The standard InChI is InChI=1S/C11H11NO3/c1-2-14-11(13)10-6-7-8(12)4-3-5-9(7)15-10/h3-6H,2,12H2,1H3. The van der Waals surface area contributed by atoms with Crippen LogP contribution in [0.3, 0.4) is 0 Å². The first-order chi connectivity index (χ1) is 7.22. The molecule has 0 radical (unpaired) electrons. The van der Waals surface area contributed by atoms with Gasteiger partial charge < -0.3 is 14.9 Å². The van der Waals surface area contributed by atoms with Crippen molar-refractivity contribution in [2.75, 3.05) is 12.3 Å². The molecule has 0 spiro atoms. The summed E-state index contributed by atoms with van der Waals surface area (Å²) >= 11 is 0. The van der Waals surface area contributed by atoms with Gasteiger partial charge in [0.2, 0.25) is 5.76 Å². The number of rotatable bonds is 2. The Morgan fingerprint density at radius 2 is 2.33 bits per heavy atom. The predicted molar refractivity (Wildman–Crippen MR) is 56.6 cm³/mol. The first kappa shape index (κ1) is 9.58. The van der Waals surface area contributed by atoms with Crippen molar-refractivity contribution < 1.29 is 13.9 Å². The third-order valence-electron chi connectivity index (χ3n) is 2.07. The van der Waals surface area contributed by atoms with Crippen LogP contribution in [-0.2, 0) is 4.74 Å². The zero-order valence-corrected chi connectivity index (χ0v) is 8.32. The van der Waals surface area contributed by atoms with Crippen LogP contribution in [0.15, 0.2) is 28.7 Å². The summed E-state index contributed by atoms with van der Waals surface area (Å²) in [5, 5.41) is 0.737. The van der Waals surface area contributed by atoms with Crippen LogP contribution in [0.4, 0.5) is 5.69 Å². The van der Waals surface area contributed by atoms with Crippen LogP contribution >= 0.6 is 0 Å². The minimum Gasteiger partial charge on any atom is -0.460 e. The molecule has 1 aromatic carbocycles. The van der Waals surface area contributed by atoms with Gasteiger partial charge in [-0.3, -0.25) is 0 Å². The molecule has 0 saturated heterocycles. The van der Waals surface area contributed by atoms with Gasteiger partial charge in [-0.05, 0) is 19.1 Å². The van der Waals surface area contributed by atoms with E-state index in [1.807, 2.05) is 0 Å². The largest absolute Gasteiger partial charge is 0.460 e. The van der Waals surface area contributed by atoms with E-state index in [2.05, 4.69) is 0 Å². The van der Waals surface area contributed by atoms with Gasteiger partial charge in [-0.2, -0.15) is 0 Å². The third-order valence-corrected chi connectivity index (χ3v) is 2.07. The van der Waals surface area contributed by atoms with E-state index in [4.69, 9.17) is 14.9 Å². The number of benzene rings is 1. The first-order valence-electron chi connectivity index (χ1n) is 4.67. The SMILES string of the molecule is CCOC(=O)c1cc2c(N)cccc2o1. The maximum atomic E-state index is 11.4. The molecule has 2 rings (SSSR count). The summed E-state index contributed by atoms with van der Waals surface area (Å²) in [6, 6.07) is 6.89. The van der Waals surface area contributed by atoms with E-state index in [0.717, 1.165) is 5.39 Å². The van der Waals surface area contributed by atoms with Crippen molar-refractivity contribution in [1.82, 2.24) is 0 Å². The average molecular weight is 205 g/mol. The fraction of sp³-hybridized carbons (Fsp3) is 0.182. The Labute approximate surface area is 86.6 Å². The van der Waals surface area contributed by atoms with Crippen molar-refractivity contribution in [3.63, 3.8) is 0 Å². The van der Waals surface area contributed by atoms with E-state index in [-0.39, 0.29) is 5.76 Å². The monoisotopic (exact) mass is 205 g/mol. The number of hydrogen-bond donors (Lipinski definition) is 1. The highest BCUT2D eigenvalue weighted by Gasteiger charge is 2.13. The molecule has 4 heteroatoms. The highest BCUT2D eigenvalue weighted by molar-refractivity contribution is 5.97. The molecule has 78 valence electrons. The van der Waals surface area contributed by atoms with E-state index in [9.17, 15) is 4.79 Å². The molecule has 0 saturated carbocycles. The Hall–Kier alpha value is -1.97. The summed E-state index contributed by atoms with van der Waals surface area (Å²) < 4.78 is 10.1. The quantitative estimate of drug-likeness (QED) is 0.602. The van der Waals surface area contributed by atoms with Crippen LogP contribution in [0.25, 0.3) is 11.0 Å². The minimum absolute atomic E-state index is 0.185. The summed E-state index contributed by atoms with van der Waals surface area (Å²) in [6.07, 6.45) is 0. The molecule has 0 aliphatic rings. The van der Waals surface area contributed by atoms with Crippen molar-refractivity contribution in [2.24, 2.45) is 0 Å². The van der Waals surface area contributed by atoms with E-state index >= 15 is 0 Å². The number of anilines is 1. The molecule has 0 bridgehead atoms. The summed E-state index contributed by atoms with van der Waals surface area (Å²) in [5.41, 5.74) is 6.92. The molecule has 0 amide bonds. The van der Waals surface area contributed by atoms with Crippen LogP contribution in [-0.4, -0.2) is 12.6 Å². The smallest absolute Gasteiger partial charge is 0.374 e. The Kier molecular flexibility index (Phi) is 2.33. The second kappa shape index (κ2) is 3.65. The molecule has 1 heterocycles. The minimum atomic E-state index is -0.465. The fourth-order valence-electron chi connectivity index (χ4n) is 1.39. The summed E-state index contributed by atoms with van der Waals surface area (Å²) in [6.45, 7) is 2.07. The molecule has 0 fully saturated rings. The van der Waals surface area contributed by atoms with Gasteiger partial charge in [0, 0.05) is 17.1 Å². The van der Waals surface area contributed by atoms with Gasteiger partial charge in [0.15, 0.2) is 0 Å². The molecular weight excluding hydrogens is 194 g/mol. The second-order valence-electron chi connectivity index (χ2n) is 3.09. The molecule has 2 aromatic rings. The number of nitrogen functional groups attached to an aromatic ring is 1. The van der Waals surface area contributed by atoms with Crippen molar-refractivity contribution in [3.8, 4) is 0 Å². The van der Waals surface area contributed by atoms with E-state index in [1.54, 1.807) is 31.2 Å². The zero-order chi connectivity index (χ0) is 10.8. The van der Waals surface area contributed by atoms with E-state index in [1.165, 1.54) is 0 Å². The maximum absolute atomic E-state index is 11.4. The number of esters is 1. The Morgan fingerprint density at radius 1 is 1.53 bits per heavy atom. The zero-order valence-electron chi connectivity index (χ0n) is 8.32. The molecule has 0 atom stereocenters. The molecule has 0 unspecified atom stereocenters. The molecule has 0 aliphatic heterocycles. The number of fused-ring (bicyclic) bond motifs is 1.